The molecule has 0 amide bonds. The molecule has 0 fully saturated rings. The van der Waals surface area contributed by atoms with Gasteiger partial charge in [0.25, 0.3) is 0 Å². The number of aryl methyl sites for hydroxylation is 2. The van der Waals surface area contributed by atoms with E-state index in [2.05, 4.69) is 16.0 Å². The summed E-state index contributed by atoms with van der Waals surface area (Å²) in [6, 6.07) is 8.18. The van der Waals surface area contributed by atoms with Gasteiger partial charge < -0.3 is 4.98 Å². The van der Waals surface area contributed by atoms with Gasteiger partial charge in [0.15, 0.2) is 0 Å². The summed E-state index contributed by atoms with van der Waals surface area (Å²) in [5, 5.41) is 0. The van der Waals surface area contributed by atoms with E-state index in [0.29, 0.717) is 0 Å². The fraction of sp³-hybridized carbons (Fsp3) is 0.167. The van der Waals surface area contributed by atoms with Gasteiger partial charge >= 0.3 is 5.69 Å². The number of rotatable bonds is 0. The maximum Gasteiger partial charge on any atom is 0.345 e. The molecule has 1 aliphatic carbocycles. The average molecular weight is 198 g/mol. The van der Waals surface area contributed by atoms with Crippen molar-refractivity contribution in [2.24, 2.45) is 0 Å². The Balaban J connectivity index is 2.33. The van der Waals surface area contributed by atoms with Crippen molar-refractivity contribution in [1.29, 1.82) is 0 Å². The molecule has 0 radical (unpaired) electrons. The summed E-state index contributed by atoms with van der Waals surface area (Å²) in [7, 11) is 0. The van der Waals surface area contributed by atoms with Crippen LogP contribution in [0.4, 0.5) is 0 Å². The van der Waals surface area contributed by atoms with Crippen molar-refractivity contribution < 1.29 is 0 Å². The fourth-order valence-corrected chi connectivity index (χ4v) is 2.10. The van der Waals surface area contributed by atoms with Crippen LogP contribution in [0.25, 0.3) is 11.3 Å². The molecule has 1 aliphatic rings. The zero-order valence-corrected chi connectivity index (χ0v) is 8.16. The lowest BCUT2D eigenvalue weighted by Crippen LogP contribution is -2.16. The molecule has 15 heavy (non-hydrogen) atoms. The second-order valence-corrected chi connectivity index (χ2v) is 3.75. The molecule has 0 saturated carbocycles. The van der Waals surface area contributed by atoms with Gasteiger partial charge in [-0.25, -0.2) is 9.78 Å². The van der Waals surface area contributed by atoms with E-state index in [-0.39, 0.29) is 5.69 Å². The first-order valence-corrected chi connectivity index (χ1v) is 5.01. The summed E-state index contributed by atoms with van der Waals surface area (Å²) in [5.74, 6) is 0. The maximum absolute atomic E-state index is 11.2. The molecule has 0 spiro atoms. The predicted octanol–water partition coefficient (Wildman–Crippen LogP) is 1.54. The molecule has 1 N–H and O–H groups in total. The van der Waals surface area contributed by atoms with Crippen molar-refractivity contribution >= 4 is 0 Å². The SMILES string of the molecule is O=c1ncc2c([nH]1)-c1ccccc1CC2. The second kappa shape index (κ2) is 3.05. The number of fused-ring (bicyclic) bond motifs is 3. The molecule has 3 nitrogen and oxygen atoms in total. The van der Waals surface area contributed by atoms with Gasteiger partial charge in [0.1, 0.15) is 0 Å². The van der Waals surface area contributed by atoms with Gasteiger partial charge in [-0.3, -0.25) is 0 Å². The van der Waals surface area contributed by atoms with E-state index in [1.807, 2.05) is 18.2 Å². The van der Waals surface area contributed by atoms with Crippen molar-refractivity contribution in [2.45, 2.75) is 12.8 Å². The van der Waals surface area contributed by atoms with E-state index in [0.717, 1.165) is 29.7 Å². The molecule has 3 rings (SSSR count). The first-order valence-electron chi connectivity index (χ1n) is 5.01. The Bertz CT molecular complexity index is 572. The molecule has 0 unspecified atom stereocenters. The van der Waals surface area contributed by atoms with Gasteiger partial charge in [-0.1, -0.05) is 24.3 Å². The molecule has 3 heteroatoms. The van der Waals surface area contributed by atoms with Crippen LogP contribution in [0, 0.1) is 0 Å². The van der Waals surface area contributed by atoms with Crippen molar-refractivity contribution in [1.82, 2.24) is 9.97 Å². The number of aromatic nitrogens is 2. The minimum absolute atomic E-state index is 0.273. The number of nitrogens with zero attached hydrogens (tertiary/aromatic N) is 1. The number of aromatic amines is 1. The highest BCUT2D eigenvalue weighted by molar-refractivity contribution is 5.68. The van der Waals surface area contributed by atoms with E-state index in [9.17, 15) is 4.79 Å². The highest BCUT2D eigenvalue weighted by atomic mass is 16.1. The smallest absolute Gasteiger partial charge is 0.305 e. The topological polar surface area (TPSA) is 45.8 Å². The van der Waals surface area contributed by atoms with Gasteiger partial charge in [0.05, 0.1) is 5.69 Å². The van der Waals surface area contributed by atoms with Crippen LogP contribution >= 0.6 is 0 Å². The van der Waals surface area contributed by atoms with Gasteiger partial charge in [0, 0.05) is 11.8 Å². The monoisotopic (exact) mass is 198 g/mol. The lowest BCUT2D eigenvalue weighted by Gasteiger charge is -2.17. The average Bonchev–Trinajstić information content (AvgIpc) is 2.29. The number of benzene rings is 1. The first kappa shape index (κ1) is 8.41. The van der Waals surface area contributed by atoms with Crippen LogP contribution in [0.15, 0.2) is 35.3 Å². The normalized spacial score (nSPS) is 13.1. The lowest BCUT2D eigenvalue weighted by atomic mass is 9.90. The van der Waals surface area contributed by atoms with Crippen molar-refractivity contribution in [3.05, 3.63) is 52.1 Å². The molecule has 0 atom stereocenters. The summed E-state index contributed by atoms with van der Waals surface area (Å²) < 4.78 is 0. The standard InChI is InChI=1S/C12H10N2O/c15-12-13-7-9-6-5-8-3-1-2-4-10(8)11(9)14-12/h1-4,7H,5-6H2,(H,13,14,15). The van der Waals surface area contributed by atoms with Crippen molar-refractivity contribution in [3.8, 4) is 11.3 Å². The van der Waals surface area contributed by atoms with E-state index in [4.69, 9.17) is 0 Å². The number of nitrogens with one attached hydrogen (secondary N) is 1. The van der Waals surface area contributed by atoms with Crippen LogP contribution in [0.2, 0.25) is 0 Å². The summed E-state index contributed by atoms with van der Waals surface area (Å²) in [6.07, 6.45) is 3.66. The molecular weight excluding hydrogens is 188 g/mol. The first-order chi connectivity index (χ1) is 7.34. The van der Waals surface area contributed by atoms with Crippen LogP contribution in [0.1, 0.15) is 11.1 Å². The van der Waals surface area contributed by atoms with Crippen LogP contribution < -0.4 is 5.69 Å². The molecule has 1 aromatic carbocycles. The van der Waals surface area contributed by atoms with E-state index >= 15 is 0 Å². The lowest BCUT2D eigenvalue weighted by molar-refractivity contribution is 0.897. The van der Waals surface area contributed by atoms with E-state index < -0.39 is 0 Å². The highest BCUT2D eigenvalue weighted by Gasteiger charge is 2.15. The third kappa shape index (κ3) is 1.28. The van der Waals surface area contributed by atoms with Crippen molar-refractivity contribution in [2.75, 3.05) is 0 Å². The van der Waals surface area contributed by atoms with Crippen molar-refractivity contribution in [3.63, 3.8) is 0 Å². The Labute approximate surface area is 86.8 Å². The molecular formula is C12H10N2O. The van der Waals surface area contributed by atoms with Gasteiger partial charge in [-0.05, 0) is 24.0 Å². The van der Waals surface area contributed by atoms with Crippen LogP contribution in [-0.2, 0) is 12.8 Å². The maximum atomic E-state index is 11.2. The number of hydrogen-bond donors (Lipinski definition) is 1. The number of H-pyrrole nitrogens is 1. The minimum atomic E-state index is -0.273. The Morgan fingerprint density at radius 3 is 2.87 bits per heavy atom. The third-order valence-electron chi connectivity index (χ3n) is 2.84. The zero-order chi connectivity index (χ0) is 10.3. The van der Waals surface area contributed by atoms with E-state index in [1.54, 1.807) is 6.20 Å². The van der Waals surface area contributed by atoms with Gasteiger partial charge in [-0.2, -0.15) is 0 Å². The molecule has 0 aliphatic heterocycles. The summed E-state index contributed by atoms with van der Waals surface area (Å²) in [5.41, 5.74) is 4.24. The zero-order valence-electron chi connectivity index (χ0n) is 8.16. The van der Waals surface area contributed by atoms with Gasteiger partial charge in [-0.15, -0.1) is 0 Å². The predicted molar refractivity (Wildman–Crippen MR) is 57.7 cm³/mol. The van der Waals surface area contributed by atoms with E-state index in [1.165, 1.54) is 5.56 Å². The summed E-state index contributed by atoms with van der Waals surface area (Å²) in [6.45, 7) is 0. The van der Waals surface area contributed by atoms with Crippen LogP contribution in [0.3, 0.4) is 0 Å². The molecule has 0 bridgehead atoms. The Morgan fingerprint density at radius 1 is 1.13 bits per heavy atom. The Hall–Kier alpha value is -1.90. The Kier molecular flexibility index (Phi) is 1.71. The quantitative estimate of drug-likeness (QED) is 0.697. The molecule has 74 valence electrons. The largest absolute Gasteiger partial charge is 0.345 e. The third-order valence-corrected chi connectivity index (χ3v) is 2.84. The highest BCUT2D eigenvalue weighted by Crippen LogP contribution is 2.29. The van der Waals surface area contributed by atoms with Crippen LogP contribution in [0.5, 0.6) is 0 Å². The molecule has 2 aromatic rings. The second-order valence-electron chi connectivity index (χ2n) is 3.75. The molecule has 1 aromatic heterocycles. The molecule has 1 heterocycles. The summed E-state index contributed by atoms with van der Waals surface area (Å²) >= 11 is 0. The summed E-state index contributed by atoms with van der Waals surface area (Å²) in [4.78, 5) is 17.8. The molecule has 0 saturated heterocycles. The van der Waals surface area contributed by atoms with Crippen LogP contribution in [-0.4, -0.2) is 9.97 Å². The van der Waals surface area contributed by atoms with Gasteiger partial charge in [0.2, 0.25) is 0 Å². The minimum Gasteiger partial charge on any atom is -0.305 e. The fourth-order valence-electron chi connectivity index (χ4n) is 2.10. The Morgan fingerprint density at radius 2 is 1.93 bits per heavy atom. The number of hydrogen-bond acceptors (Lipinski definition) is 2.